The van der Waals surface area contributed by atoms with Gasteiger partial charge in [0.1, 0.15) is 0 Å². The zero-order chi connectivity index (χ0) is 20.2. The summed E-state index contributed by atoms with van der Waals surface area (Å²) < 4.78 is 32.9. The molecule has 0 saturated carbocycles. The second-order valence-electron chi connectivity index (χ2n) is 6.12. The number of carbonyl (C=O) groups excluding carboxylic acids is 2. The Labute approximate surface area is 158 Å². The maximum absolute atomic E-state index is 12.7. The molecule has 0 aliphatic rings. The fourth-order valence-corrected chi connectivity index (χ4v) is 3.78. The minimum Gasteiger partial charge on any atom is -0.449 e. The smallest absolute Gasteiger partial charge is 0.338 e. The van der Waals surface area contributed by atoms with Gasteiger partial charge in [-0.05, 0) is 56.2 Å². The summed E-state index contributed by atoms with van der Waals surface area (Å²) in [5.41, 5.74) is 1.79. The van der Waals surface area contributed by atoms with Crippen LogP contribution in [0.25, 0.3) is 0 Å². The van der Waals surface area contributed by atoms with E-state index in [-0.39, 0.29) is 16.1 Å². The lowest BCUT2D eigenvalue weighted by molar-refractivity contribution is -0.128. The number of hydrogen-bond acceptors (Lipinski definition) is 5. The number of hydrogen-bond donors (Lipinski definition) is 2. The van der Waals surface area contributed by atoms with Gasteiger partial charge in [0.15, 0.2) is 6.10 Å². The topological polar surface area (TPSA) is 102 Å². The van der Waals surface area contributed by atoms with Crippen molar-refractivity contribution in [3.8, 4) is 0 Å². The van der Waals surface area contributed by atoms with E-state index in [2.05, 4.69) is 10.0 Å². The van der Waals surface area contributed by atoms with Crippen LogP contribution in [0.1, 0.15) is 28.4 Å². The molecular formula is C19H22N2O5S. The van der Waals surface area contributed by atoms with Crippen LogP contribution in [0.5, 0.6) is 0 Å². The first-order valence-corrected chi connectivity index (χ1v) is 9.75. The predicted molar refractivity (Wildman–Crippen MR) is 102 cm³/mol. The summed E-state index contributed by atoms with van der Waals surface area (Å²) in [6.07, 6.45) is -0.960. The lowest BCUT2D eigenvalue weighted by Crippen LogP contribution is -2.33. The van der Waals surface area contributed by atoms with Gasteiger partial charge < -0.3 is 10.1 Å². The van der Waals surface area contributed by atoms with Gasteiger partial charge in [0.2, 0.25) is 0 Å². The Balaban J connectivity index is 2.23. The van der Waals surface area contributed by atoms with Gasteiger partial charge in [0, 0.05) is 12.7 Å². The Morgan fingerprint density at radius 3 is 2.44 bits per heavy atom. The highest BCUT2D eigenvalue weighted by Gasteiger charge is 2.20. The number of ether oxygens (including phenoxy) is 1. The Morgan fingerprint density at radius 1 is 1.07 bits per heavy atom. The van der Waals surface area contributed by atoms with Crippen molar-refractivity contribution < 1.29 is 22.7 Å². The van der Waals surface area contributed by atoms with E-state index in [0.29, 0.717) is 5.56 Å². The van der Waals surface area contributed by atoms with Crippen LogP contribution >= 0.6 is 0 Å². The largest absolute Gasteiger partial charge is 0.449 e. The number of anilines is 1. The van der Waals surface area contributed by atoms with Gasteiger partial charge in [-0.2, -0.15) is 0 Å². The van der Waals surface area contributed by atoms with Crippen molar-refractivity contribution in [2.24, 2.45) is 0 Å². The molecule has 0 heterocycles. The van der Waals surface area contributed by atoms with Gasteiger partial charge in [0.05, 0.1) is 10.5 Å². The molecule has 27 heavy (non-hydrogen) atoms. The number of benzene rings is 2. The Bertz CT molecular complexity index is 970. The average Bonchev–Trinajstić information content (AvgIpc) is 2.62. The Hall–Kier alpha value is -2.87. The standard InChI is InChI=1S/C19H22N2O5S/c1-12-8-9-13(2)17(10-12)27(24,25)21-16-7-5-6-15(11-16)19(23)26-14(3)18(22)20-4/h5-11,14,21H,1-4H3,(H,20,22)/t14-/m1/s1. The molecule has 7 nitrogen and oxygen atoms in total. The van der Waals surface area contributed by atoms with Crippen LogP contribution in [0, 0.1) is 13.8 Å². The van der Waals surface area contributed by atoms with Gasteiger partial charge in [-0.3, -0.25) is 9.52 Å². The van der Waals surface area contributed by atoms with E-state index in [1.165, 1.54) is 38.2 Å². The summed E-state index contributed by atoms with van der Waals surface area (Å²) in [5, 5.41) is 2.38. The van der Waals surface area contributed by atoms with Crippen LogP contribution < -0.4 is 10.0 Å². The minimum absolute atomic E-state index is 0.131. The van der Waals surface area contributed by atoms with Gasteiger partial charge in [-0.1, -0.05) is 18.2 Å². The number of amides is 1. The Morgan fingerprint density at radius 2 is 1.78 bits per heavy atom. The first-order valence-electron chi connectivity index (χ1n) is 8.27. The maximum Gasteiger partial charge on any atom is 0.338 e. The van der Waals surface area contributed by atoms with E-state index in [1.807, 2.05) is 13.0 Å². The summed E-state index contributed by atoms with van der Waals surface area (Å²) in [6.45, 7) is 4.97. The molecule has 0 aliphatic carbocycles. The number of rotatable bonds is 6. The number of carbonyl (C=O) groups is 2. The van der Waals surface area contributed by atoms with E-state index in [4.69, 9.17) is 4.74 Å². The summed E-state index contributed by atoms with van der Waals surface area (Å²) in [6, 6.07) is 11.1. The predicted octanol–water partition coefficient (Wildman–Crippen LogP) is 2.40. The average molecular weight is 390 g/mol. The third-order valence-electron chi connectivity index (χ3n) is 3.88. The van der Waals surface area contributed by atoms with Crippen molar-refractivity contribution in [1.82, 2.24) is 5.32 Å². The first kappa shape index (κ1) is 20.4. The summed E-state index contributed by atoms with van der Waals surface area (Å²) in [5.74, 6) is -1.16. The first-order chi connectivity index (χ1) is 12.6. The highest BCUT2D eigenvalue weighted by atomic mass is 32.2. The number of nitrogens with one attached hydrogen (secondary N) is 2. The normalized spacial score (nSPS) is 12.1. The molecule has 0 bridgehead atoms. The zero-order valence-electron chi connectivity index (χ0n) is 15.6. The molecule has 0 aromatic heterocycles. The summed E-state index contributed by atoms with van der Waals surface area (Å²) in [4.78, 5) is 23.8. The monoisotopic (exact) mass is 390 g/mol. The molecule has 1 amide bonds. The summed E-state index contributed by atoms with van der Waals surface area (Å²) >= 11 is 0. The number of likely N-dealkylation sites (N-methyl/N-ethyl adjacent to an activating group) is 1. The fourth-order valence-electron chi connectivity index (χ4n) is 2.40. The molecule has 2 aromatic carbocycles. The van der Waals surface area contributed by atoms with Crippen molar-refractivity contribution >= 4 is 27.6 Å². The minimum atomic E-state index is -3.82. The third-order valence-corrected chi connectivity index (χ3v) is 5.41. The highest BCUT2D eigenvalue weighted by molar-refractivity contribution is 7.92. The zero-order valence-corrected chi connectivity index (χ0v) is 16.4. The molecule has 2 N–H and O–H groups in total. The van der Waals surface area contributed by atoms with E-state index in [0.717, 1.165) is 5.56 Å². The van der Waals surface area contributed by atoms with E-state index in [1.54, 1.807) is 19.1 Å². The molecule has 0 aliphatic heterocycles. The van der Waals surface area contributed by atoms with Gasteiger partial charge >= 0.3 is 5.97 Å². The SMILES string of the molecule is CNC(=O)[C@@H](C)OC(=O)c1cccc(NS(=O)(=O)c2cc(C)ccc2C)c1. The van der Waals surface area contributed by atoms with Crippen molar-refractivity contribution in [2.45, 2.75) is 31.8 Å². The van der Waals surface area contributed by atoms with E-state index < -0.39 is 28.0 Å². The third kappa shape index (κ3) is 5.07. The van der Waals surface area contributed by atoms with Crippen LogP contribution in [-0.4, -0.2) is 33.4 Å². The molecule has 0 spiro atoms. The maximum atomic E-state index is 12.7. The van der Waals surface area contributed by atoms with Gasteiger partial charge in [-0.25, -0.2) is 13.2 Å². The highest BCUT2D eigenvalue weighted by Crippen LogP contribution is 2.21. The molecule has 0 fully saturated rings. The van der Waals surface area contributed by atoms with Gasteiger partial charge in [0.25, 0.3) is 15.9 Å². The van der Waals surface area contributed by atoms with Crippen LogP contribution in [0.15, 0.2) is 47.4 Å². The lowest BCUT2D eigenvalue weighted by Gasteiger charge is -2.13. The number of aryl methyl sites for hydroxylation is 2. The second-order valence-corrected chi connectivity index (χ2v) is 7.77. The van der Waals surface area contributed by atoms with Crippen LogP contribution in [0.4, 0.5) is 5.69 Å². The molecule has 2 rings (SSSR count). The van der Waals surface area contributed by atoms with Crippen LogP contribution in [-0.2, 0) is 19.6 Å². The van der Waals surface area contributed by atoms with Crippen LogP contribution in [0.3, 0.4) is 0 Å². The second kappa shape index (κ2) is 8.22. The van der Waals surface area contributed by atoms with E-state index >= 15 is 0 Å². The fraction of sp³-hybridized carbons (Fsp3) is 0.263. The lowest BCUT2D eigenvalue weighted by atomic mass is 10.2. The molecular weight excluding hydrogens is 368 g/mol. The van der Waals surface area contributed by atoms with E-state index in [9.17, 15) is 18.0 Å². The molecule has 1 atom stereocenters. The number of esters is 1. The molecule has 0 saturated heterocycles. The molecule has 8 heteroatoms. The Kier molecular flexibility index (Phi) is 6.22. The quantitative estimate of drug-likeness (QED) is 0.738. The van der Waals surface area contributed by atoms with Crippen molar-refractivity contribution in [3.63, 3.8) is 0 Å². The van der Waals surface area contributed by atoms with Gasteiger partial charge in [-0.15, -0.1) is 0 Å². The molecule has 0 unspecified atom stereocenters. The molecule has 2 aromatic rings. The molecule has 144 valence electrons. The van der Waals surface area contributed by atoms with Crippen molar-refractivity contribution in [1.29, 1.82) is 0 Å². The molecule has 0 radical (unpaired) electrons. The summed E-state index contributed by atoms with van der Waals surface area (Å²) in [7, 11) is -2.38. The van der Waals surface area contributed by atoms with Crippen LogP contribution in [0.2, 0.25) is 0 Å². The van der Waals surface area contributed by atoms with Crippen molar-refractivity contribution in [2.75, 3.05) is 11.8 Å². The van der Waals surface area contributed by atoms with Crippen molar-refractivity contribution in [3.05, 3.63) is 59.2 Å². The number of sulfonamides is 1.